The molecule has 1 amide bonds. The van der Waals surface area contributed by atoms with Crippen LogP contribution in [-0.2, 0) is 0 Å². The average Bonchev–Trinajstić information content (AvgIpc) is 2.54. The number of benzene rings is 1. The summed E-state index contributed by atoms with van der Waals surface area (Å²) in [5.41, 5.74) is 3.66. The van der Waals surface area contributed by atoms with Crippen molar-refractivity contribution in [3.8, 4) is 18.1 Å². The van der Waals surface area contributed by atoms with Gasteiger partial charge in [-0.1, -0.05) is 18.1 Å². The summed E-state index contributed by atoms with van der Waals surface area (Å²) in [5, 5.41) is 3.89. The van der Waals surface area contributed by atoms with E-state index in [1.54, 1.807) is 30.5 Å². The minimum absolute atomic E-state index is 0.207. The van der Waals surface area contributed by atoms with Gasteiger partial charge in [-0.15, -0.1) is 6.42 Å². The minimum Gasteiger partial charge on any atom is -0.481 e. The third-order valence-electron chi connectivity index (χ3n) is 2.48. The molecule has 104 valence electrons. The van der Waals surface area contributed by atoms with Gasteiger partial charge in [0.2, 0.25) is 0 Å². The van der Waals surface area contributed by atoms with Crippen LogP contribution in [0.25, 0.3) is 0 Å². The van der Waals surface area contributed by atoms with Gasteiger partial charge >= 0.3 is 0 Å². The van der Waals surface area contributed by atoms with Crippen LogP contribution in [0.2, 0.25) is 0 Å². The van der Waals surface area contributed by atoms with Gasteiger partial charge in [0.25, 0.3) is 5.91 Å². The molecule has 1 heterocycles. The summed E-state index contributed by atoms with van der Waals surface area (Å²) in [6.45, 7) is 0.207. The van der Waals surface area contributed by atoms with Gasteiger partial charge in [0.1, 0.15) is 12.4 Å². The number of amides is 1. The standard InChI is InChI=1S/C16H13N3O2/c1-2-9-21-15-7-3-5-13(10-15)11-18-19-16(20)14-6-4-8-17-12-14/h1,3-8,10-12H,9H2,(H,19,20)/b18-11+. The highest BCUT2D eigenvalue weighted by atomic mass is 16.5. The first-order valence-electron chi connectivity index (χ1n) is 6.19. The third kappa shape index (κ3) is 4.48. The fourth-order valence-electron chi connectivity index (χ4n) is 1.54. The predicted molar refractivity (Wildman–Crippen MR) is 80.1 cm³/mol. The van der Waals surface area contributed by atoms with Crippen LogP contribution in [0.1, 0.15) is 15.9 Å². The van der Waals surface area contributed by atoms with E-state index in [0.29, 0.717) is 11.3 Å². The van der Waals surface area contributed by atoms with Gasteiger partial charge in [-0.2, -0.15) is 5.10 Å². The molecule has 0 aliphatic carbocycles. The fourth-order valence-corrected chi connectivity index (χ4v) is 1.54. The fraction of sp³-hybridized carbons (Fsp3) is 0.0625. The van der Waals surface area contributed by atoms with E-state index in [4.69, 9.17) is 11.2 Å². The maximum atomic E-state index is 11.7. The maximum Gasteiger partial charge on any atom is 0.272 e. The molecule has 0 saturated heterocycles. The molecule has 0 radical (unpaired) electrons. The lowest BCUT2D eigenvalue weighted by molar-refractivity contribution is 0.0955. The van der Waals surface area contributed by atoms with E-state index in [0.717, 1.165) is 5.56 Å². The number of carbonyl (C=O) groups is 1. The molecule has 5 nitrogen and oxygen atoms in total. The van der Waals surface area contributed by atoms with Gasteiger partial charge in [0, 0.05) is 12.4 Å². The predicted octanol–water partition coefficient (Wildman–Crippen LogP) is 1.86. The van der Waals surface area contributed by atoms with Crippen LogP contribution < -0.4 is 10.2 Å². The van der Waals surface area contributed by atoms with Crippen LogP contribution in [0.5, 0.6) is 5.75 Å². The number of pyridine rings is 1. The van der Waals surface area contributed by atoms with Gasteiger partial charge in [-0.3, -0.25) is 9.78 Å². The van der Waals surface area contributed by atoms with Gasteiger partial charge in [-0.25, -0.2) is 5.43 Å². The van der Waals surface area contributed by atoms with E-state index in [-0.39, 0.29) is 12.5 Å². The Hall–Kier alpha value is -3.13. The van der Waals surface area contributed by atoms with Crippen molar-refractivity contribution in [1.82, 2.24) is 10.4 Å². The molecule has 2 rings (SSSR count). The van der Waals surface area contributed by atoms with E-state index in [2.05, 4.69) is 21.4 Å². The van der Waals surface area contributed by atoms with E-state index in [1.807, 2.05) is 12.1 Å². The summed E-state index contributed by atoms with van der Waals surface area (Å²) in [5.74, 6) is 2.72. The third-order valence-corrected chi connectivity index (χ3v) is 2.48. The van der Waals surface area contributed by atoms with E-state index in [9.17, 15) is 4.79 Å². The highest BCUT2D eigenvalue weighted by Gasteiger charge is 2.02. The molecule has 5 heteroatoms. The Labute approximate surface area is 122 Å². The number of hydrogen-bond acceptors (Lipinski definition) is 4. The average molecular weight is 279 g/mol. The monoisotopic (exact) mass is 279 g/mol. The van der Waals surface area contributed by atoms with Gasteiger partial charge in [-0.05, 0) is 29.8 Å². The number of aromatic nitrogens is 1. The number of hydrogen-bond donors (Lipinski definition) is 1. The summed E-state index contributed by atoms with van der Waals surface area (Å²) < 4.78 is 5.30. The van der Waals surface area contributed by atoms with Crippen molar-refractivity contribution in [2.45, 2.75) is 0 Å². The first-order valence-corrected chi connectivity index (χ1v) is 6.19. The lowest BCUT2D eigenvalue weighted by Crippen LogP contribution is -2.17. The molecule has 0 fully saturated rings. The van der Waals surface area contributed by atoms with Crippen LogP contribution in [0, 0.1) is 12.3 Å². The minimum atomic E-state index is -0.320. The first kappa shape index (κ1) is 14.3. The molecule has 0 bridgehead atoms. The molecular formula is C16H13N3O2. The number of ether oxygens (including phenoxy) is 1. The zero-order valence-corrected chi connectivity index (χ0v) is 11.2. The quantitative estimate of drug-likeness (QED) is 0.516. The molecule has 1 N–H and O–H groups in total. The summed E-state index contributed by atoms with van der Waals surface area (Å²) in [4.78, 5) is 15.6. The Bertz CT molecular complexity index is 675. The molecule has 0 spiro atoms. The Morgan fingerprint density at radius 1 is 1.43 bits per heavy atom. The van der Waals surface area contributed by atoms with Crippen LogP contribution in [0.3, 0.4) is 0 Å². The van der Waals surface area contributed by atoms with Crippen molar-refractivity contribution in [2.75, 3.05) is 6.61 Å². The molecule has 0 aliphatic rings. The van der Waals surface area contributed by atoms with E-state index < -0.39 is 0 Å². The number of terminal acetylenes is 1. The Kier molecular flexibility index (Phi) is 5.07. The molecule has 0 saturated carbocycles. The number of carbonyl (C=O) groups excluding carboxylic acids is 1. The smallest absolute Gasteiger partial charge is 0.272 e. The summed E-state index contributed by atoms with van der Waals surface area (Å²) in [6, 6.07) is 10.6. The van der Waals surface area contributed by atoms with E-state index >= 15 is 0 Å². The van der Waals surface area contributed by atoms with Crippen molar-refractivity contribution in [1.29, 1.82) is 0 Å². The van der Waals surface area contributed by atoms with Crippen LogP contribution in [-0.4, -0.2) is 23.7 Å². The van der Waals surface area contributed by atoms with Crippen molar-refractivity contribution in [3.05, 3.63) is 59.9 Å². The van der Waals surface area contributed by atoms with Crippen molar-refractivity contribution in [3.63, 3.8) is 0 Å². The summed E-state index contributed by atoms with van der Waals surface area (Å²) in [6.07, 6.45) is 9.72. The molecule has 1 aromatic heterocycles. The largest absolute Gasteiger partial charge is 0.481 e. The molecule has 2 aromatic rings. The van der Waals surface area contributed by atoms with Gasteiger partial charge in [0.05, 0.1) is 11.8 Å². The SMILES string of the molecule is C#CCOc1cccc(/C=N/NC(=O)c2cccnc2)c1. The van der Waals surface area contributed by atoms with Crippen LogP contribution in [0.15, 0.2) is 53.9 Å². The van der Waals surface area contributed by atoms with Crippen molar-refractivity contribution in [2.24, 2.45) is 5.10 Å². The molecular weight excluding hydrogens is 266 g/mol. The second-order valence-corrected chi connectivity index (χ2v) is 4.01. The lowest BCUT2D eigenvalue weighted by atomic mass is 10.2. The van der Waals surface area contributed by atoms with Gasteiger partial charge in [0.15, 0.2) is 0 Å². The Morgan fingerprint density at radius 3 is 3.10 bits per heavy atom. The van der Waals surface area contributed by atoms with Crippen LogP contribution in [0.4, 0.5) is 0 Å². The zero-order chi connectivity index (χ0) is 14.9. The summed E-state index contributed by atoms with van der Waals surface area (Å²) >= 11 is 0. The van der Waals surface area contributed by atoms with Gasteiger partial charge < -0.3 is 4.74 Å². The van der Waals surface area contributed by atoms with Crippen LogP contribution >= 0.6 is 0 Å². The highest BCUT2D eigenvalue weighted by molar-refractivity contribution is 5.94. The highest BCUT2D eigenvalue weighted by Crippen LogP contribution is 2.11. The number of nitrogens with one attached hydrogen (secondary N) is 1. The maximum absolute atomic E-state index is 11.7. The zero-order valence-electron chi connectivity index (χ0n) is 11.2. The second-order valence-electron chi connectivity index (χ2n) is 4.01. The lowest BCUT2D eigenvalue weighted by Gasteiger charge is -2.02. The Morgan fingerprint density at radius 2 is 2.33 bits per heavy atom. The first-order chi connectivity index (χ1) is 10.3. The topological polar surface area (TPSA) is 63.6 Å². The molecule has 21 heavy (non-hydrogen) atoms. The van der Waals surface area contributed by atoms with Crippen molar-refractivity contribution < 1.29 is 9.53 Å². The summed E-state index contributed by atoms with van der Waals surface area (Å²) in [7, 11) is 0. The molecule has 1 aromatic carbocycles. The second kappa shape index (κ2) is 7.46. The normalized spacial score (nSPS) is 10.0. The molecule has 0 atom stereocenters. The Balaban J connectivity index is 1.95. The molecule has 0 unspecified atom stereocenters. The number of rotatable bonds is 5. The van der Waals surface area contributed by atoms with Crippen molar-refractivity contribution >= 4 is 12.1 Å². The molecule has 0 aliphatic heterocycles. The number of nitrogens with zero attached hydrogens (tertiary/aromatic N) is 2. The van der Waals surface area contributed by atoms with E-state index in [1.165, 1.54) is 12.4 Å². The number of hydrazone groups is 1.